The van der Waals surface area contributed by atoms with Crippen LogP contribution < -0.4 is 15.5 Å². The van der Waals surface area contributed by atoms with Crippen molar-refractivity contribution in [3.05, 3.63) is 6.33 Å². The lowest BCUT2D eigenvalue weighted by Crippen LogP contribution is -2.40. The van der Waals surface area contributed by atoms with Crippen molar-refractivity contribution in [2.75, 3.05) is 50.7 Å². The van der Waals surface area contributed by atoms with Crippen molar-refractivity contribution in [1.82, 2.24) is 15.0 Å². The van der Waals surface area contributed by atoms with E-state index in [1.165, 1.54) is 6.33 Å². The minimum absolute atomic E-state index is 0.630. The second kappa shape index (κ2) is 6.36. The third-order valence-corrected chi connectivity index (χ3v) is 2.63. The summed E-state index contributed by atoms with van der Waals surface area (Å²) in [7, 11) is 1.62. The molecule has 100 valence electrons. The van der Waals surface area contributed by atoms with E-state index in [4.69, 9.17) is 9.47 Å². The lowest BCUT2D eigenvalue weighted by Gasteiger charge is -2.28. The molecule has 18 heavy (non-hydrogen) atoms. The molecule has 2 heterocycles. The summed E-state index contributed by atoms with van der Waals surface area (Å²) in [5, 5.41) is 5.20. The summed E-state index contributed by atoms with van der Waals surface area (Å²) in [6, 6.07) is 0. The van der Waals surface area contributed by atoms with E-state index in [-0.39, 0.29) is 0 Å². The Morgan fingerprint density at radius 2 is 2.06 bits per heavy atom. The van der Waals surface area contributed by atoms with Gasteiger partial charge in [0.25, 0.3) is 0 Å². The van der Waals surface area contributed by atoms with E-state index in [0.29, 0.717) is 17.4 Å². The minimum atomic E-state index is 0.630. The lowest BCUT2D eigenvalue weighted by atomic mass is 10.4. The van der Waals surface area contributed by atoms with Crippen LogP contribution in [-0.2, 0) is 4.74 Å². The SMILES string of the molecule is CCNc1ncnc(NN2CCOCC2)c1OC. The summed E-state index contributed by atoms with van der Waals surface area (Å²) >= 11 is 0. The van der Waals surface area contributed by atoms with Crippen molar-refractivity contribution >= 4 is 11.6 Å². The molecule has 1 aromatic rings. The number of nitrogens with zero attached hydrogens (tertiary/aromatic N) is 3. The quantitative estimate of drug-likeness (QED) is 0.795. The first-order chi connectivity index (χ1) is 8.85. The van der Waals surface area contributed by atoms with E-state index in [0.717, 1.165) is 32.8 Å². The van der Waals surface area contributed by atoms with Gasteiger partial charge in [0.1, 0.15) is 6.33 Å². The molecule has 0 bridgehead atoms. The van der Waals surface area contributed by atoms with Crippen molar-refractivity contribution < 1.29 is 9.47 Å². The molecule has 0 spiro atoms. The summed E-state index contributed by atoms with van der Waals surface area (Å²) in [5.41, 5.74) is 3.24. The molecule has 2 N–H and O–H groups in total. The number of aromatic nitrogens is 2. The fourth-order valence-corrected chi connectivity index (χ4v) is 1.77. The van der Waals surface area contributed by atoms with Crippen LogP contribution in [0.15, 0.2) is 6.33 Å². The topological polar surface area (TPSA) is 71.5 Å². The molecule has 0 amide bonds. The Labute approximate surface area is 106 Å². The number of nitrogens with one attached hydrogen (secondary N) is 2. The zero-order valence-electron chi connectivity index (χ0n) is 10.8. The summed E-state index contributed by atoms with van der Waals surface area (Å²) in [4.78, 5) is 8.38. The zero-order chi connectivity index (χ0) is 12.8. The van der Waals surface area contributed by atoms with E-state index in [2.05, 4.69) is 25.7 Å². The first-order valence-corrected chi connectivity index (χ1v) is 6.07. The molecule has 1 fully saturated rings. The average molecular weight is 253 g/mol. The van der Waals surface area contributed by atoms with Crippen molar-refractivity contribution in [1.29, 1.82) is 0 Å². The summed E-state index contributed by atoms with van der Waals surface area (Å²) in [6.45, 7) is 5.88. The van der Waals surface area contributed by atoms with Crippen LogP contribution in [0.5, 0.6) is 5.75 Å². The van der Waals surface area contributed by atoms with Gasteiger partial charge in [-0.25, -0.2) is 15.0 Å². The molecule has 0 aromatic carbocycles. The van der Waals surface area contributed by atoms with Crippen LogP contribution in [0.25, 0.3) is 0 Å². The van der Waals surface area contributed by atoms with Gasteiger partial charge < -0.3 is 14.8 Å². The number of hydrogen-bond donors (Lipinski definition) is 2. The first-order valence-electron chi connectivity index (χ1n) is 6.07. The monoisotopic (exact) mass is 253 g/mol. The number of hydrazine groups is 1. The van der Waals surface area contributed by atoms with Gasteiger partial charge in [0.05, 0.1) is 20.3 Å². The van der Waals surface area contributed by atoms with Crippen molar-refractivity contribution in [2.45, 2.75) is 6.92 Å². The van der Waals surface area contributed by atoms with Crippen LogP contribution in [0.2, 0.25) is 0 Å². The van der Waals surface area contributed by atoms with Crippen molar-refractivity contribution in [3.8, 4) is 5.75 Å². The second-order valence-electron chi connectivity index (χ2n) is 3.85. The van der Waals surface area contributed by atoms with Gasteiger partial charge in [0, 0.05) is 19.6 Å². The number of hydrogen-bond acceptors (Lipinski definition) is 7. The van der Waals surface area contributed by atoms with E-state index in [1.807, 2.05) is 6.92 Å². The van der Waals surface area contributed by atoms with Crippen LogP contribution in [0.4, 0.5) is 11.6 Å². The predicted molar refractivity (Wildman–Crippen MR) is 68.8 cm³/mol. The fraction of sp³-hybridized carbons (Fsp3) is 0.636. The highest BCUT2D eigenvalue weighted by Crippen LogP contribution is 2.29. The highest BCUT2D eigenvalue weighted by molar-refractivity contribution is 5.63. The second-order valence-corrected chi connectivity index (χ2v) is 3.85. The Bertz CT molecular complexity index is 382. The first kappa shape index (κ1) is 12.8. The standard InChI is InChI=1S/C11H19N5O2/c1-3-12-10-9(17-2)11(14-8-13-10)15-16-4-6-18-7-5-16/h8H,3-7H2,1-2H3,(H2,12,13,14,15). The molecule has 0 saturated carbocycles. The van der Waals surface area contributed by atoms with Gasteiger partial charge in [0.15, 0.2) is 11.6 Å². The molecule has 7 nitrogen and oxygen atoms in total. The van der Waals surface area contributed by atoms with Crippen LogP contribution in [0, 0.1) is 0 Å². The summed E-state index contributed by atoms with van der Waals surface area (Å²) in [5.74, 6) is 2.00. The van der Waals surface area contributed by atoms with Crippen LogP contribution in [0.3, 0.4) is 0 Å². The summed E-state index contributed by atoms with van der Waals surface area (Å²) in [6.07, 6.45) is 1.52. The molecule has 1 saturated heterocycles. The lowest BCUT2D eigenvalue weighted by molar-refractivity contribution is 0.0493. The predicted octanol–water partition coefficient (Wildman–Crippen LogP) is 0.576. The Kier molecular flexibility index (Phi) is 4.54. The van der Waals surface area contributed by atoms with E-state index < -0.39 is 0 Å². The number of ether oxygens (including phenoxy) is 2. The molecular formula is C11H19N5O2. The Morgan fingerprint density at radius 3 is 2.72 bits per heavy atom. The molecule has 0 atom stereocenters. The number of morpholine rings is 1. The van der Waals surface area contributed by atoms with Crippen LogP contribution >= 0.6 is 0 Å². The van der Waals surface area contributed by atoms with Gasteiger partial charge in [-0.05, 0) is 6.92 Å². The van der Waals surface area contributed by atoms with E-state index in [9.17, 15) is 0 Å². The Hall–Kier alpha value is -1.60. The van der Waals surface area contributed by atoms with Gasteiger partial charge in [0.2, 0.25) is 5.75 Å². The molecule has 0 aliphatic carbocycles. The van der Waals surface area contributed by atoms with Gasteiger partial charge >= 0.3 is 0 Å². The molecule has 1 aliphatic rings. The zero-order valence-corrected chi connectivity index (χ0v) is 10.8. The van der Waals surface area contributed by atoms with E-state index in [1.54, 1.807) is 7.11 Å². The number of rotatable bonds is 5. The Balaban J connectivity index is 2.12. The van der Waals surface area contributed by atoms with Crippen LogP contribution in [0.1, 0.15) is 6.92 Å². The third-order valence-electron chi connectivity index (χ3n) is 2.63. The molecule has 0 radical (unpaired) electrons. The molecular weight excluding hydrogens is 234 g/mol. The van der Waals surface area contributed by atoms with Crippen molar-refractivity contribution in [2.24, 2.45) is 0 Å². The highest BCUT2D eigenvalue weighted by atomic mass is 16.5. The fourth-order valence-electron chi connectivity index (χ4n) is 1.77. The molecule has 7 heteroatoms. The van der Waals surface area contributed by atoms with Gasteiger partial charge in [-0.2, -0.15) is 0 Å². The van der Waals surface area contributed by atoms with E-state index >= 15 is 0 Å². The maximum absolute atomic E-state index is 5.36. The van der Waals surface area contributed by atoms with Gasteiger partial charge in [-0.3, -0.25) is 5.43 Å². The van der Waals surface area contributed by atoms with Crippen molar-refractivity contribution in [3.63, 3.8) is 0 Å². The van der Waals surface area contributed by atoms with Gasteiger partial charge in [-0.1, -0.05) is 0 Å². The average Bonchev–Trinajstić information content (AvgIpc) is 2.41. The normalized spacial score (nSPS) is 16.3. The highest BCUT2D eigenvalue weighted by Gasteiger charge is 2.16. The number of methoxy groups -OCH3 is 1. The number of anilines is 2. The minimum Gasteiger partial charge on any atom is -0.490 e. The smallest absolute Gasteiger partial charge is 0.205 e. The molecule has 1 aliphatic heterocycles. The Morgan fingerprint density at radius 1 is 1.33 bits per heavy atom. The van der Waals surface area contributed by atoms with Gasteiger partial charge in [-0.15, -0.1) is 0 Å². The van der Waals surface area contributed by atoms with Crippen LogP contribution in [-0.4, -0.2) is 54.9 Å². The third kappa shape index (κ3) is 2.99. The largest absolute Gasteiger partial charge is 0.490 e. The molecule has 1 aromatic heterocycles. The maximum atomic E-state index is 5.36. The molecule has 2 rings (SSSR count). The molecule has 0 unspecified atom stereocenters. The summed E-state index contributed by atoms with van der Waals surface area (Å²) < 4.78 is 10.7. The maximum Gasteiger partial charge on any atom is 0.205 e.